The van der Waals surface area contributed by atoms with Gasteiger partial charge in [0.2, 0.25) is 11.8 Å². The molecule has 0 aliphatic rings. The number of carbonyl (C=O) groups is 2. The third-order valence-electron chi connectivity index (χ3n) is 3.48. The number of nitro groups is 1. The van der Waals surface area contributed by atoms with E-state index in [0.717, 1.165) is 23.4 Å². The molecule has 0 aromatic heterocycles. The van der Waals surface area contributed by atoms with Crippen molar-refractivity contribution in [3.63, 3.8) is 0 Å². The molecule has 2 aromatic carbocycles. The highest BCUT2D eigenvalue weighted by molar-refractivity contribution is 8.00. The van der Waals surface area contributed by atoms with E-state index in [1.807, 2.05) is 37.3 Å². The molecule has 2 rings (SSSR count). The molecular formula is C17H17N3O4S. The molecule has 7 nitrogen and oxygen atoms in total. The standard InChI is InChI=1S/C17H17N3O4S/c1-11(12-5-3-2-4-6-12)19-16(21)10-25-15-8-7-13(17(18)22)9-14(15)20(23)24/h2-9,11H,10H2,1H3,(H2,18,22)(H,19,21). The number of hydrogen-bond donors (Lipinski definition) is 2. The van der Waals surface area contributed by atoms with Crippen LogP contribution in [-0.4, -0.2) is 22.5 Å². The lowest BCUT2D eigenvalue weighted by Crippen LogP contribution is -2.28. The van der Waals surface area contributed by atoms with Crippen LogP contribution < -0.4 is 11.1 Å². The Balaban J connectivity index is 2.02. The van der Waals surface area contributed by atoms with Crippen LogP contribution >= 0.6 is 11.8 Å². The average Bonchev–Trinajstić information content (AvgIpc) is 2.60. The first-order valence-corrected chi connectivity index (χ1v) is 8.42. The number of primary amides is 1. The second-order valence-corrected chi connectivity index (χ2v) is 6.31. The Bertz CT molecular complexity index is 796. The Kier molecular flexibility index (Phi) is 6.13. The van der Waals surface area contributed by atoms with Crippen molar-refractivity contribution in [1.29, 1.82) is 0 Å². The highest BCUT2D eigenvalue weighted by Gasteiger charge is 2.18. The molecule has 1 unspecified atom stereocenters. The minimum absolute atomic E-state index is 0.0218. The third-order valence-corrected chi connectivity index (χ3v) is 4.54. The molecular weight excluding hydrogens is 342 g/mol. The van der Waals surface area contributed by atoms with Gasteiger partial charge < -0.3 is 11.1 Å². The number of nitrogens with zero attached hydrogens (tertiary/aromatic N) is 1. The molecule has 0 spiro atoms. The number of carbonyl (C=O) groups excluding carboxylic acids is 2. The summed E-state index contributed by atoms with van der Waals surface area (Å²) in [4.78, 5) is 34.1. The predicted molar refractivity (Wildman–Crippen MR) is 95.3 cm³/mol. The van der Waals surface area contributed by atoms with Crippen LogP contribution in [-0.2, 0) is 4.79 Å². The van der Waals surface area contributed by atoms with Crippen LogP contribution in [0.3, 0.4) is 0 Å². The normalized spacial score (nSPS) is 11.6. The minimum atomic E-state index is -0.742. The maximum atomic E-state index is 12.1. The van der Waals surface area contributed by atoms with Gasteiger partial charge in [-0.2, -0.15) is 0 Å². The van der Waals surface area contributed by atoms with Crippen LogP contribution in [0.2, 0.25) is 0 Å². The summed E-state index contributed by atoms with van der Waals surface area (Å²) in [6, 6.07) is 13.3. The molecule has 130 valence electrons. The Morgan fingerprint density at radius 1 is 1.24 bits per heavy atom. The molecule has 3 N–H and O–H groups in total. The second kappa shape index (κ2) is 8.29. The van der Waals surface area contributed by atoms with Gasteiger partial charge in [-0.25, -0.2) is 0 Å². The van der Waals surface area contributed by atoms with Crippen molar-refractivity contribution in [2.45, 2.75) is 17.9 Å². The number of nitrogens with one attached hydrogen (secondary N) is 1. The zero-order valence-electron chi connectivity index (χ0n) is 13.5. The SMILES string of the molecule is CC(NC(=O)CSc1ccc(C(N)=O)cc1[N+](=O)[O-])c1ccccc1. The van der Waals surface area contributed by atoms with Gasteiger partial charge in [0.15, 0.2) is 0 Å². The number of amides is 2. The lowest BCUT2D eigenvalue weighted by Gasteiger charge is -2.14. The van der Waals surface area contributed by atoms with Gasteiger partial charge in [-0.15, -0.1) is 11.8 Å². The van der Waals surface area contributed by atoms with Crippen LogP contribution in [0.25, 0.3) is 0 Å². The number of benzene rings is 2. The van der Waals surface area contributed by atoms with Crippen molar-refractivity contribution in [3.05, 3.63) is 69.8 Å². The molecule has 0 aliphatic heterocycles. The number of nitrogens with two attached hydrogens (primary N) is 1. The van der Waals surface area contributed by atoms with E-state index in [1.54, 1.807) is 0 Å². The quantitative estimate of drug-likeness (QED) is 0.448. The Morgan fingerprint density at radius 2 is 1.92 bits per heavy atom. The first-order chi connectivity index (χ1) is 11.9. The molecule has 0 radical (unpaired) electrons. The lowest BCUT2D eigenvalue weighted by molar-refractivity contribution is -0.387. The van der Waals surface area contributed by atoms with Crippen molar-refractivity contribution in [2.24, 2.45) is 5.73 Å². The maximum Gasteiger partial charge on any atom is 0.283 e. The molecule has 8 heteroatoms. The highest BCUT2D eigenvalue weighted by atomic mass is 32.2. The van der Waals surface area contributed by atoms with Crippen molar-refractivity contribution < 1.29 is 14.5 Å². The lowest BCUT2D eigenvalue weighted by atomic mass is 10.1. The summed E-state index contributed by atoms with van der Waals surface area (Å²) in [6.07, 6.45) is 0. The van der Waals surface area contributed by atoms with E-state index < -0.39 is 10.8 Å². The molecule has 0 bridgehead atoms. The van der Waals surface area contributed by atoms with Crippen LogP contribution in [0.1, 0.15) is 28.9 Å². The summed E-state index contributed by atoms with van der Waals surface area (Å²) in [5.41, 5.74) is 5.91. The fourth-order valence-corrected chi connectivity index (χ4v) is 3.00. The van der Waals surface area contributed by atoms with E-state index >= 15 is 0 Å². The van der Waals surface area contributed by atoms with Crippen molar-refractivity contribution >= 4 is 29.3 Å². The van der Waals surface area contributed by atoms with Gasteiger partial charge in [0.05, 0.1) is 21.6 Å². The van der Waals surface area contributed by atoms with Crippen molar-refractivity contribution in [1.82, 2.24) is 5.32 Å². The summed E-state index contributed by atoms with van der Waals surface area (Å²) >= 11 is 1.04. The fourth-order valence-electron chi connectivity index (χ4n) is 2.19. The summed E-state index contributed by atoms with van der Waals surface area (Å²) < 4.78 is 0. The first-order valence-electron chi connectivity index (χ1n) is 7.44. The van der Waals surface area contributed by atoms with Crippen molar-refractivity contribution in [3.8, 4) is 0 Å². The Hall–Kier alpha value is -2.87. The molecule has 1 atom stereocenters. The number of rotatable bonds is 7. The van der Waals surface area contributed by atoms with Gasteiger partial charge in [0, 0.05) is 11.6 Å². The Labute approximate surface area is 148 Å². The second-order valence-electron chi connectivity index (χ2n) is 5.29. The average molecular weight is 359 g/mol. The van der Waals surface area contributed by atoms with E-state index in [1.165, 1.54) is 12.1 Å². The fraction of sp³-hybridized carbons (Fsp3) is 0.176. The van der Waals surface area contributed by atoms with Gasteiger partial charge in [-0.05, 0) is 24.6 Å². The largest absolute Gasteiger partial charge is 0.366 e. The molecule has 0 saturated carbocycles. The summed E-state index contributed by atoms with van der Waals surface area (Å²) in [6.45, 7) is 1.86. The highest BCUT2D eigenvalue weighted by Crippen LogP contribution is 2.30. The molecule has 0 fully saturated rings. The molecule has 2 aromatic rings. The van der Waals surface area contributed by atoms with Crippen molar-refractivity contribution in [2.75, 3.05) is 5.75 Å². The van der Waals surface area contributed by atoms with Crippen LogP contribution in [0, 0.1) is 10.1 Å². The zero-order valence-corrected chi connectivity index (χ0v) is 14.3. The summed E-state index contributed by atoms with van der Waals surface area (Å²) in [7, 11) is 0. The van der Waals surface area contributed by atoms with Crippen LogP contribution in [0.15, 0.2) is 53.4 Å². The van der Waals surface area contributed by atoms with E-state index in [9.17, 15) is 19.7 Å². The van der Waals surface area contributed by atoms with Gasteiger partial charge in [-0.1, -0.05) is 30.3 Å². The van der Waals surface area contributed by atoms with Gasteiger partial charge in [0.25, 0.3) is 5.69 Å². The molecule has 0 heterocycles. The Morgan fingerprint density at radius 3 is 2.52 bits per heavy atom. The van der Waals surface area contributed by atoms with Crippen LogP contribution in [0.4, 0.5) is 5.69 Å². The summed E-state index contributed by atoms with van der Waals surface area (Å²) in [5.74, 6) is -0.961. The van der Waals surface area contributed by atoms with E-state index in [2.05, 4.69) is 5.32 Å². The van der Waals surface area contributed by atoms with Gasteiger partial charge in [0.1, 0.15) is 0 Å². The molecule has 2 amide bonds. The van der Waals surface area contributed by atoms with E-state index in [0.29, 0.717) is 4.90 Å². The number of thioether (sulfide) groups is 1. The molecule has 0 saturated heterocycles. The molecule has 0 aliphatic carbocycles. The number of hydrogen-bond acceptors (Lipinski definition) is 5. The maximum absolute atomic E-state index is 12.1. The van der Waals surface area contributed by atoms with Gasteiger partial charge in [-0.3, -0.25) is 19.7 Å². The topological polar surface area (TPSA) is 115 Å². The zero-order chi connectivity index (χ0) is 18.4. The van der Waals surface area contributed by atoms with E-state index in [4.69, 9.17) is 5.73 Å². The minimum Gasteiger partial charge on any atom is -0.366 e. The molecule has 25 heavy (non-hydrogen) atoms. The predicted octanol–water partition coefficient (Wildman–Crippen LogP) is 2.66. The first kappa shape index (κ1) is 18.5. The number of nitro benzene ring substituents is 1. The van der Waals surface area contributed by atoms with Gasteiger partial charge >= 0.3 is 0 Å². The monoisotopic (exact) mass is 359 g/mol. The van der Waals surface area contributed by atoms with E-state index in [-0.39, 0.29) is 29.0 Å². The third kappa shape index (κ3) is 5.05. The smallest absolute Gasteiger partial charge is 0.283 e. The van der Waals surface area contributed by atoms with Crippen LogP contribution in [0.5, 0.6) is 0 Å². The summed E-state index contributed by atoms with van der Waals surface area (Å²) in [5, 5.41) is 14.0.